The fourth-order valence-electron chi connectivity index (χ4n) is 1.49. The van der Waals surface area contributed by atoms with Gasteiger partial charge in [-0.2, -0.15) is 0 Å². The van der Waals surface area contributed by atoms with Crippen molar-refractivity contribution in [3.63, 3.8) is 0 Å². The molecule has 0 saturated heterocycles. The van der Waals surface area contributed by atoms with Crippen molar-refractivity contribution < 1.29 is 19.1 Å². The number of ether oxygens (including phenoxy) is 2. The van der Waals surface area contributed by atoms with Gasteiger partial charge in [-0.1, -0.05) is 12.7 Å². The number of rotatable bonds is 4. The van der Waals surface area contributed by atoms with Gasteiger partial charge in [-0.15, -0.1) is 0 Å². The van der Waals surface area contributed by atoms with Gasteiger partial charge in [0.15, 0.2) is 6.10 Å². The summed E-state index contributed by atoms with van der Waals surface area (Å²) in [5.74, 6) is -1.12. The SMILES string of the molecule is C=C(C)C(=O)OC(C)C(=O)OC1(C)C=CCC1. The van der Waals surface area contributed by atoms with E-state index in [0.29, 0.717) is 0 Å². The first-order valence-corrected chi connectivity index (χ1v) is 5.61. The molecule has 2 atom stereocenters. The Kier molecular flexibility index (Phi) is 4.10. The number of esters is 2. The van der Waals surface area contributed by atoms with Gasteiger partial charge in [0, 0.05) is 5.57 Å². The molecule has 0 heterocycles. The molecule has 2 unspecified atom stereocenters. The molecular weight excluding hydrogens is 220 g/mol. The second-order valence-electron chi connectivity index (χ2n) is 4.50. The lowest BCUT2D eigenvalue weighted by Crippen LogP contribution is -2.34. The van der Waals surface area contributed by atoms with Crippen molar-refractivity contribution in [3.8, 4) is 0 Å². The average Bonchev–Trinajstić information content (AvgIpc) is 2.64. The zero-order chi connectivity index (χ0) is 13.1. The molecule has 17 heavy (non-hydrogen) atoms. The van der Waals surface area contributed by atoms with Gasteiger partial charge >= 0.3 is 11.9 Å². The summed E-state index contributed by atoms with van der Waals surface area (Å²) in [6.45, 7) is 8.30. The third-order valence-corrected chi connectivity index (χ3v) is 2.58. The highest BCUT2D eigenvalue weighted by Crippen LogP contribution is 2.26. The standard InChI is InChI=1S/C13H18O4/c1-9(2)11(14)16-10(3)12(15)17-13(4)7-5-6-8-13/h5,7,10H,1,6,8H2,2-4H3. The van der Waals surface area contributed by atoms with E-state index in [4.69, 9.17) is 9.47 Å². The Morgan fingerprint density at radius 1 is 1.47 bits per heavy atom. The predicted octanol–water partition coefficient (Wildman–Crippen LogP) is 2.15. The van der Waals surface area contributed by atoms with Gasteiger partial charge in [-0.25, -0.2) is 9.59 Å². The van der Waals surface area contributed by atoms with Crippen molar-refractivity contribution in [2.75, 3.05) is 0 Å². The summed E-state index contributed by atoms with van der Waals surface area (Å²) in [6, 6.07) is 0. The summed E-state index contributed by atoms with van der Waals surface area (Å²) in [7, 11) is 0. The third-order valence-electron chi connectivity index (χ3n) is 2.58. The van der Waals surface area contributed by atoms with Gasteiger partial charge in [0.05, 0.1) is 0 Å². The van der Waals surface area contributed by atoms with E-state index in [1.807, 2.05) is 19.1 Å². The second kappa shape index (κ2) is 5.17. The second-order valence-corrected chi connectivity index (χ2v) is 4.50. The van der Waals surface area contributed by atoms with Gasteiger partial charge in [-0.05, 0) is 39.7 Å². The fourth-order valence-corrected chi connectivity index (χ4v) is 1.49. The highest BCUT2D eigenvalue weighted by Gasteiger charge is 2.31. The topological polar surface area (TPSA) is 52.6 Å². The highest BCUT2D eigenvalue weighted by atomic mass is 16.6. The molecule has 0 bridgehead atoms. The molecule has 4 nitrogen and oxygen atoms in total. The summed E-state index contributed by atoms with van der Waals surface area (Å²) >= 11 is 0. The average molecular weight is 238 g/mol. The molecule has 0 fully saturated rings. The van der Waals surface area contributed by atoms with E-state index in [1.54, 1.807) is 0 Å². The molecule has 4 heteroatoms. The lowest BCUT2D eigenvalue weighted by Gasteiger charge is -2.24. The Morgan fingerprint density at radius 3 is 2.59 bits per heavy atom. The highest BCUT2D eigenvalue weighted by molar-refractivity contribution is 5.89. The maximum Gasteiger partial charge on any atom is 0.348 e. The van der Waals surface area contributed by atoms with Crippen LogP contribution in [0.25, 0.3) is 0 Å². The Hall–Kier alpha value is -1.58. The third kappa shape index (κ3) is 3.73. The first-order chi connectivity index (χ1) is 7.84. The largest absolute Gasteiger partial charge is 0.452 e. The molecular formula is C13H18O4. The number of carbonyl (C=O) groups is 2. The lowest BCUT2D eigenvalue weighted by molar-refractivity contribution is -0.171. The van der Waals surface area contributed by atoms with E-state index >= 15 is 0 Å². The maximum absolute atomic E-state index is 11.7. The molecule has 94 valence electrons. The summed E-state index contributed by atoms with van der Waals surface area (Å²) in [6.07, 6.45) is 4.57. The van der Waals surface area contributed by atoms with E-state index in [-0.39, 0.29) is 5.57 Å². The van der Waals surface area contributed by atoms with Crippen LogP contribution in [0.15, 0.2) is 24.3 Å². The predicted molar refractivity (Wildman–Crippen MR) is 63.2 cm³/mol. The molecule has 0 saturated carbocycles. The van der Waals surface area contributed by atoms with Crippen LogP contribution in [-0.4, -0.2) is 23.6 Å². The number of carbonyl (C=O) groups excluding carboxylic acids is 2. The molecule has 1 aliphatic rings. The van der Waals surface area contributed by atoms with E-state index in [1.165, 1.54) is 13.8 Å². The van der Waals surface area contributed by atoms with Crippen LogP contribution in [0.4, 0.5) is 0 Å². The summed E-state index contributed by atoms with van der Waals surface area (Å²) in [4.78, 5) is 22.9. The van der Waals surface area contributed by atoms with Gasteiger partial charge in [0.2, 0.25) is 0 Å². The maximum atomic E-state index is 11.7. The van der Waals surface area contributed by atoms with Crippen LogP contribution in [0.1, 0.15) is 33.6 Å². The smallest absolute Gasteiger partial charge is 0.348 e. The van der Waals surface area contributed by atoms with E-state index in [0.717, 1.165) is 12.8 Å². The van der Waals surface area contributed by atoms with E-state index in [9.17, 15) is 9.59 Å². The minimum atomic E-state index is -0.912. The van der Waals surface area contributed by atoms with Crippen LogP contribution in [0, 0.1) is 0 Å². The first-order valence-electron chi connectivity index (χ1n) is 5.61. The normalized spacial score (nSPS) is 24.2. The quantitative estimate of drug-likeness (QED) is 0.428. The molecule has 0 aromatic rings. The summed E-state index contributed by atoms with van der Waals surface area (Å²) in [5.41, 5.74) is -0.308. The van der Waals surface area contributed by atoms with Crippen LogP contribution in [-0.2, 0) is 19.1 Å². The van der Waals surface area contributed by atoms with Gasteiger partial charge in [-0.3, -0.25) is 0 Å². The molecule has 1 aliphatic carbocycles. The van der Waals surface area contributed by atoms with Crippen LogP contribution >= 0.6 is 0 Å². The van der Waals surface area contributed by atoms with Crippen LogP contribution < -0.4 is 0 Å². The van der Waals surface area contributed by atoms with Gasteiger partial charge in [0.25, 0.3) is 0 Å². The lowest BCUT2D eigenvalue weighted by atomic mass is 10.1. The molecule has 0 aromatic carbocycles. The fraction of sp³-hybridized carbons (Fsp3) is 0.538. The van der Waals surface area contributed by atoms with Crippen molar-refractivity contribution in [1.82, 2.24) is 0 Å². The Bertz CT molecular complexity index is 370. The van der Waals surface area contributed by atoms with Crippen molar-refractivity contribution in [3.05, 3.63) is 24.3 Å². The van der Waals surface area contributed by atoms with E-state index < -0.39 is 23.6 Å². The van der Waals surface area contributed by atoms with Crippen molar-refractivity contribution >= 4 is 11.9 Å². The van der Waals surface area contributed by atoms with Crippen molar-refractivity contribution in [2.45, 2.75) is 45.3 Å². The molecule has 0 radical (unpaired) electrons. The minimum Gasteiger partial charge on any atom is -0.452 e. The molecule has 0 N–H and O–H groups in total. The zero-order valence-corrected chi connectivity index (χ0v) is 10.5. The monoisotopic (exact) mass is 238 g/mol. The minimum absolute atomic E-state index is 0.261. The van der Waals surface area contributed by atoms with Crippen molar-refractivity contribution in [1.29, 1.82) is 0 Å². The van der Waals surface area contributed by atoms with Crippen LogP contribution in [0.3, 0.4) is 0 Å². The summed E-state index contributed by atoms with van der Waals surface area (Å²) < 4.78 is 10.2. The van der Waals surface area contributed by atoms with E-state index in [2.05, 4.69) is 6.58 Å². The molecule has 0 aliphatic heterocycles. The Labute approximate surface area is 101 Å². The number of hydrogen-bond donors (Lipinski definition) is 0. The molecule has 1 rings (SSSR count). The summed E-state index contributed by atoms with van der Waals surface area (Å²) in [5, 5.41) is 0. The number of allylic oxidation sites excluding steroid dienone is 1. The Balaban J connectivity index is 2.50. The van der Waals surface area contributed by atoms with Gasteiger partial charge in [0.1, 0.15) is 5.60 Å². The molecule has 0 aromatic heterocycles. The van der Waals surface area contributed by atoms with Gasteiger partial charge < -0.3 is 9.47 Å². The number of hydrogen-bond acceptors (Lipinski definition) is 4. The first kappa shape index (κ1) is 13.5. The zero-order valence-electron chi connectivity index (χ0n) is 10.5. The van der Waals surface area contributed by atoms with Crippen molar-refractivity contribution in [2.24, 2.45) is 0 Å². The molecule has 0 amide bonds. The van der Waals surface area contributed by atoms with Crippen LogP contribution in [0.2, 0.25) is 0 Å². The molecule has 0 spiro atoms. The van der Waals surface area contributed by atoms with Crippen LogP contribution in [0.5, 0.6) is 0 Å². The Morgan fingerprint density at radius 2 is 2.12 bits per heavy atom.